The lowest BCUT2D eigenvalue weighted by Crippen LogP contribution is -2.35. The fourth-order valence-electron chi connectivity index (χ4n) is 6.58. The van der Waals surface area contributed by atoms with E-state index in [0.717, 1.165) is 28.8 Å². The molecule has 7 aromatic rings. The van der Waals surface area contributed by atoms with E-state index in [1.807, 2.05) is 0 Å². The minimum atomic E-state index is 0.477. The first-order chi connectivity index (χ1) is 24.8. The second-order valence-corrected chi connectivity index (χ2v) is 13.2. The molecule has 4 nitrogen and oxygen atoms in total. The summed E-state index contributed by atoms with van der Waals surface area (Å²) in [5, 5.41) is 7.18. The zero-order chi connectivity index (χ0) is 33.5. The molecule has 0 spiro atoms. The van der Waals surface area contributed by atoms with Gasteiger partial charge in [0.2, 0.25) is 5.52 Å². The normalized spacial score (nSPS) is 13.8. The Balaban J connectivity index is 0.937. The Bertz CT molecular complexity index is 2390. The van der Waals surface area contributed by atoms with Crippen molar-refractivity contribution in [2.24, 2.45) is 0 Å². The number of pyridine rings is 1. The molecule has 50 heavy (non-hydrogen) atoms. The van der Waals surface area contributed by atoms with Crippen LogP contribution in [0.25, 0.3) is 38.5 Å². The summed E-state index contributed by atoms with van der Waals surface area (Å²) in [5.74, 6) is 0.922. The number of hydrogen-bond acceptors (Lipinski definition) is 4. The van der Waals surface area contributed by atoms with Crippen LogP contribution in [0.2, 0.25) is 0 Å². The number of fused-ring (bicyclic) bond motifs is 4. The van der Waals surface area contributed by atoms with Gasteiger partial charge in [-0.1, -0.05) is 139 Å². The Kier molecular flexibility index (Phi) is 9.41. The van der Waals surface area contributed by atoms with Gasteiger partial charge >= 0.3 is 0 Å². The third kappa shape index (κ3) is 6.79. The number of thioether (sulfide) groups is 1. The number of ether oxygens (including phenoxy) is 2. The van der Waals surface area contributed by atoms with Gasteiger partial charge in [-0.3, -0.25) is 0 Å². The molecule has 0 radical (unpaired) electrons. The molecular weight excluding hydrogens is 633 g/mol. The van der Waals surface area contributed by atoms with Crippen molar-refractivity contribution >= 4 is 56.0 Å². The number of para-hydroxylation sites is 2. The van der Waals surface area contributed by atoms with E-state index in [9.17, 15) is 0 Å². The van der Waals surface area contributed by atoms with Crippen molar-refractivity contribution in [2.75, 3.05) is 18.1 Å². The van der Waals surface area contributed by atoms with Crippen LogP contribution in [0.1, 0.15) is 11.1 Å². The van der Waals surface area contributed by atoms with Gasteiger partial charge in [-0.15, -0.1) is 0 Å². The molecule has 5 heteroatoms. The lowest BCUT2D eigenvalue weighted by molar-refractivity contribution is -0.710. The maximum Gasteiger partial charge on any atom is 0.253 e. The largest absolute Gasteiger partial charge is 0.491 e. The summed E-state index contributed by atoms with van der Waals surface area (Å²) in [6, 6.07) is 48.7. The summed E-state index contributed by atoms with van der Waals surface area (Å²) >= 11 is 1.80. The Labute approximate surface area is 297 Å². The molecule has 0 amide bonds. The van der Waals surface area contributed by atoms with Gasteiger partial charge in [-0.25, -0.2) is 0 Å². The number of aromatic nitrogens is 1. The van der Waals surface area contributed by atoms with E-state index in [-0.39, 0.29) is 0 Å². The SMILES string of the molecule is C(=CC=C1Sc2ccccc2N1CCOc1cccc2ccccc12)C=Cc1cc[n+](COCc2cccc3ccccc23)c2ccccc12. The van der Waals surface area contributed by atoms with Crippen LogP contribution in [0.3, 0.4) is 0 Å². The molecule has 8 rings (SSSR count). The number of allylic oxidation sites excluding steroid dienone is 4. The fraction of sp³-hybridized carbons (Fsp3) is 0.0889. The van der Waals surface area contributed by atoms with Gasteiger partial charge in [0.25, 0.3) is 6.73 Å². The lowest BCUT2D eigenvalue weighted by atomic mass is 10.1. The summed E-state index contributed by atoms with van der Waals surface area (Å²) in [6.45, 7) is 2.37. The van der Waals surface area contributed by atoms with E-state index in [1.165, 1.54) is 42.7 Å². The van der Waals surface area contributed by atoms with Crippen LogP contribution >= 0.6 is 11.8 Å². The van der Waals surface area contributed by atoms with Gasteiger partial charge in [0, 0.05) is 22.4 Å². The molecule has 2 heterocycles. The van der Waals surface area contributed by atoms with Crippen molar-refractivity contribution in [1.29, 1.82) is 0 Å². The molecule has 0 unspecified atom stereocenters. The molecule has 0 atom stereocenters. The van der Waals surface area contributed by atoms with Crippen LogP contribution < -0.4 is 14.2 Å². The van der Waals surface area contributed by atoms with Crippen LogP contribution in [0, 0.1) is 0 Å². The first-order valence-electron chi connectivity index (χ1n) is 17.0. The van der Waals surface area contributed by atoms with Gasteiger partial charge in [0.05, 0.1) is 29.3 Å². The van der Waals surface area contributed by atoms with Gasteiger partial charge in [-0.2, -0.15) is 4.57 Å². The highest BCUT2D eigenvalue weighted by atomic mass is 32.2. The smallest absolute Gasteiger partial charge is 0.253 e. The van der Waals surface area contributed by atoms with Crippen molar-refractivity contribution in [1.82, 2.24) is 0 Å². The average molecular weight is 670 g/mol. The minimum Gasteiger partial charge on any atom is -0.491 e. The van der Waals surface area contributed by atoms with Crippen molar-refractivity contribution in [3.05, 3.63) is 186 Å². The minimum absolute atomic E-state index is 0.477. The first-order valence-corrected chi connectivity index (χ1v) is 17.8. The van der Waals surface area contributed by atoms with Gasteiger partial charge in [-0.05, 0) is 57.6 Å². The van der Waals surface area contributed by atoms with Gasteiger partial charge in [0.15, 0.2) is 6.20 Å². The van der Waals surface area contributed by atoms with E-state index in [1.54, 1.807) is 11.8 Å². The van der Waals surface area contributed by atoms with Crippen molar-refractivity contribution in [3.63, 3.8) is 0 Å². The van der Waals surface area contributed by atoms with E-state index < -0.39 is 0 Å². The quantitative estimate of drug-likeness (QED) is 0.101. The highest BCUT2D eigenvalue weighted by Crippen LogP contribution is 2.45. The van der Waals surface area contributed by atoms with Crippen molar-refractivity contribution < 1.29 is 14.0 Å². The highest BCUT2D eigenvalue weighted by molar-refractivity contribution is 8.03. The Hall–Kier alpha value is -5.62. The molecule has 0 saturated heterocycles. The molecule has 0 saturated carbocycles. The molecule has 6 aromatic carbocycles. The Morgan fingerprint density at radius 1 is 0.640 bits per heavy atom. The fourth-order valence-corrected chi connectivity index (χ4v) is 7.68. The van der Waals surface area contributed by atoms with Crippen LogP contribution in [0.15, 0.2) is 180 Å². The third-order valence-corrected chi connectivity index (χ3v) is 10.2. The summed E-state index contributed by atoms with van der Waals surface area (Å²) in [5.41, 5.74) is 4.73. The molecule has 0 bridgehead atoms. The zero-order valence-electron chi connectivity index (χ0n) is 27.7. The first kappa shape index (κ1) is 31.6. The van der Waals surface area contributed by atoms with E-state index in [4.69, 9.17) is 9.47 Å². The predicted molar refractivity (Wildman–Crippen MR) is 208 cm³/mol. The average Bonchev–Trinajstić information content (AvgIpc) is 3.52. The summed E-state index contributed by atoms with van der Waals surface area (Å²) in [6.07, 6.45) is 12.8. The molecule has 1 aliphatic heterocycles. The van der Waals surface area contributed by atoms with Crippen LogP contribution in [-0.4, -0.2) is 13.2 Å². The van der Waals surface area contributed by atoms with Crippen molar-refractivity contribution in [2.45, 2.75) is 18.2 Å². The zero-order valence-corrected chi connectivity index (χ0v) is 28.5. The maximum absolute atomic E-state index is 6.32. The van der Waals surface area contributed by atoms with Gasteiger partial charge in [0.1, 0.15) is 12.4 Å². The molecule has 244 valence electrons. The molecule has 0 N–H and O–H groups in total. The summed E-state index contributed by atoms with van der Waals surface area (Å²) in [4.78, 5) is 3.61. The second kappa shape index (κ2) is 14.9. The molecule has 0 fully saturated rings. The Morgan fingerprint density at radius 3 is 2.26 bits per heavy atom. The predicted octanol–water partition coefficient (Wildman–Crippen LogP) is 10.7. The highest BCUT2D eigenvalue weighted by Gasteiger charge is 2.24. The van der Waals surface area contributed by atoms with E-state index >= 15 is 0 Å². The lowest BCUT2D eigenvalue weighted by Gasteiger charge is -2.20. The van der Waals surface area contributed by atoms with E-state index in [2.05, 4.69) is 186 Å². The van der Waals surface area contributed by atoms with Crippen LogP contribution in [0.4, 0.5) is 5.69 Å². The Morgan fingerprint density at radius 2 is 1.36 bits per heavy atom. The van der Waals surface area contributed by atoms with Crippen molar-refractivity contribution in [3.8, 4) is 5.75 Å². The topological polar surface area (TPSA) is 25.6 Å². The second-order valence-electron chi connectivity index (χ2n) is 12.2. The molecule has 1 aromatic heterocycles. The van der Waals surface area contributed by atoms with Crippen LogP contribution in [0.5, 0.6) is 5.75 Å². The number of benzene rings is 6. The van der Waals surface area contributed by atoms with E-state index in [0.29, 0.717) is 19.9 Å². The number of nitrogens with zero attached hydrogens (tertiary/aromatic N) is 2. The third-order valence-electron chi connectivity index (χ3n) is 9.02. The monoisotopic (exact) mass is 669 g/mol. The molecular formula is C45H37N2O2S+. The van der Waals surface area contributed by atoms with Gasteiger partial charge < -0.3 is 14.4 Å². The van der Waals surface area contributed by atoms with Crippen LogP contribution in [-0.2, 0) is 18.1 Å². The number of anilines is 1. The summed E-state index contributed by atoms with van der Waals surface area (Å²) in [7, 11) is 0. The summed E-state index contributed by atoms with van der Waals surface area (Å²) < 4.78 is 14.7. The molecule has 1 aliphatic rings. The number of hydrogen-bond donors (Lipinski definition) is 0. The standard InChI is InChI=1S/C45H37N2O2S/c1(3-27-45-47(42-24-10-11-26-44(42)50-45)30-31-49-43-25-13-18-35-16-5-7-22-40(35)43)2-14-36-28-29-46(41-23-9-8-21-39(36)41)33-48-32-37-19-12-17-34-15-4-6-20-38(34)37/h1-29H,30-33H2/q+1. The maximum atomic E-state index is 6.32. The molecule has 0 aliphatic carbocycles. The number of rotatable bonds is 11.